The first-order valence-corrected chi connectivity index (χ1v) is 7.90. The molecule has 0 aliphatic carbocycles. The molecule has 0 bridgehead atoms. The number of carbonyl (C=O) groups excluding carboxylic acids is 1. The van der Waals surface area contributed by atoms with Crippen LogP contribution in [-0.4, -0.2) is 35.8 Å². The molecular weight excluding hydrogens is 306 g/mol. The van der Waals surface area contributed by atoms with E-state index in [1.54, 1.807) is 7.11 Å². The molecule has 1 aliphatic rings. The summed E-state index contributed by atoms with van der Waals surface area (Å²) in [6, 6.07) is 7.86. The minimum absolute atomic E-state index is 0.106. The maximum absolute atomic E-state index is 12.6. The van der Waals surface area contributed by atoms with Crippen molar-refractivity contribution in [1.82, 2.24) is 4.90 Å². The largest absolute Gasteiger partial charge is 0.496 e. The molecule has 1 amide bonds. The van der Waals surface area contributed by atoms with Crippen LogP contribution in [0.2, 0.25) is 0 Å². The van der Waals surface area contributed by atoms with Crippen molar-refractivity contribution < 1.29 is 9.53 Å². The Labute approximate surface area is 123 Å². The number of rotatable bonds is 5. The molecular formula is C15H20BrNO2. The van der Waals surface area contributed by atoms with Gasteiger partial charge in [-0.3, -0.25) is 4.79 Å². The number of halogens is 1. The summed E-state index contributed by atoms with van der Waals surface area (Å²) in [6.07, 6.45) is 4.41. The molecule has 1 aliphatic heterocycles. The monoisotopic (exact) mass is 325 g/mol. The zero-order valence-electron chi connectivity index (χ0n) is 11.3. The van der Waals surface area contributed by atoms with Gasteiger partial charge in [-0.05, 0) is 37.8 Å². The van der Waals surface area contributed by atoms with Crippen LogP contribution in [0, 0.1) is 0 Å². The zero-order valence-corrected chi connectivity index (χ0v) is 12.9. The number of hydrogen-bond donors (Lipinski definition) is 0. The minimum atomic E-state index is 0.106. The molecule has 2 rings (SSSR count). The van der Waals surface area contributed by atoms with Crippen LogP contribution in [0.1, 0.15) is 36.0 Å². The zero-order chi connectivity index (χ0) is 13.7. The van der Waals surface area contributed by atoms with Crippen molar-refractivity contribution in [2.45, 2.75) is 31.7 Å². The molecule has 1 heterocycles. The summed E-state index contributed by atoms with van der Waals surface area (Å²) >= 11 is 3.46. The van der Waals surface area contributed by atoms with Gasteiger partial charge in [-0.2, -0.15) is 0 Å². The van der Waals surface area contributed by atoms with E-state index in [1.165, 1.54) is 0 Å². The number of methoxy groups -OCH3 is 1. The first kappa shape index (κ1) is 14.4. The molecule has 1 saturated heterocycles. The summed E-state index contributed by atoms with van der Waals surface area (Å²) in [5, 5.41) is 1.00. The van der Waals surface area contributed by atoms with E-state index in [4.69, 9.17) is 4.74 Å². The molecule has 1 unspecified atom stereocenters. The first-order valence-electron chi connectivity index (χ1n) is 6.78. The summed E-state index contributed by atoms with van der Waals surface area (Å²) in [5.74, 6) is 0.771. The quantitative estimate of drug-likeness (QED) is 0.776. The molecule has 1 fully saturated rings. The molecule has 0 radical (unpaired) electrons. The third kappa shape index (κ3) is 3.30. The summed E-state index contributed by atoms with van der Waals surface area (Å²) in [5.41, 5.74) is 0.677. The molecule has 4 heteroatoms. The molecule has 1 aromatic carbocycles. The fourth-order valence-corrected chi connectivity index (χ4v) is 3.02. The number of ether oxygens (including phenoxy) is 1. The van der Waals surface area contributed by atoms with Gasteiger partial charge in [-0.15, -0.1) is 0 Å². The van der Waals surface area contributed by atoms with Gasteiger partial charge in [0.25, 0.3) is 5.91 Å². The summed E-state index contributed by atoms with van der Waals surface area (Å²) in [4.78, 5) is 14.6. The lowest BCUT2D eigenvalue weighted by molar-refractivity contribution is 0.0727. The van der Waals surface area contributed by atoms with Gasteiger partial charge in [0, 0.05) is 17.9 Å². The molecule has 0 saturated carbocycles. The highest BCUT2D eigenvalue weighted by Gasteiger charge is 2.30. The van der Waals surface area contributed by atoms with Gasteiger partial charge in [-0.1, -0.05) is 28.1 Å². The second-order valence-electron chi connectivity index (χ2n) is 4.83. The predicted molar refractivity (Wildman–Crippen MR) is 80.1 cm³/mol. The fraction of sp³-hybridized carbons (Fsp3) is 0.533. The fourth-order valence-electron chi connectivity index (χ4n) is 2.69. The molecule has 104 valence electrons. The van der Waals surface area contributed by atoms with E-state index in [0.717, 1.165) is 37.6 Å². The van der Waals surface area contributed by atoms with Crippen molar-refractivity contribution in [3.63, 3.8) is 0 Å². The van der Waals surface area contributed by atoms with Crippen LogP contribution in [0.15, 0.2) is 24.3 Å². The number of nitrogens with zero attached hydrogens (tertiary/aromatic N) is 1. The molecule has 1 atom stereocenters. The van der Waals surface area contributed by atoms with Crippen molar-refractivity contribution in [2.75, 3.05) is 19.0 Å². The van der Waals surface area contributed by atoms with Gasteiger partial charge in [0.05, 0.1) is 12.7 Å². The van der Waals surface area contributed by atoms with Crippen molar-refractivity contribution in [1.29, 1.82) is 0 Å². The highest BCUT2D eigenvalue weighted by atomic mass is 79.9. The average Bonchev–Trinajstić information content (AvgIpc) is 2.92. The highest BCUT2D eigenvalue weighted by molar-refractivity contribution is 9.09. The van der Waals surface area contributed by atoms with Gasteiger partial charge in [0.2, 0.25) is 0 Å². The Hall–Kier alpha value is -1.03. The Bertz CT molecular complexity index is 436. The number of benzene rings is 1. The van der Waals surface area contributed by atoms with Crippen molar-refractivity contribution >= 4 is 21.8 Å². The maximum Gasteiger partial charge on any atom is 0.257 e. The van der Waals surface area contributed by atoms with Crippen LogP contribution < -0.4 is 4.74 Å². The highest BCUT2D eigenvalue weighted by Crippen LogP contribution is 2.27. The Balaban J connectivity index is 2.13. The van der Waals surface area contributed by atoms with Gasteiger partial charge >= 0.3 is 0 Å². The van der Waals surface area contributed by atoms with Gasteiger partial charge in [0.15, 0.2) is 0 Å². The predicted octanol–water partition coefficient (Wildman–Crippen LogP) is 3.47. The normalized spacial score (nSPS) is 18.6. The second kappa shape index (κ2) is 6.94. The van der Waals surface area contributed by atoms with Crippen LogP contribution in [-0.2, 0) is 0 Å². The molecule has 0 spiro atoms. The Kier molecular flexibility index (Phi) is 5.25. The smallest absolute Gasteiger partial charge is 0.257 e. The van der Waals surface area contributed by atoms with Crippen LogP contribution in [0.25, 0.3) is 0 Å². The molecule has 1 aromatic rings. The number of para-hydroxylation sites is 1. The summed E-state index contributed by atoms with van der Waals surface area (Å²) in [7, 11) is 1.61. The summed E-state index contributed by atoms with van der Waals surface area (Å²) < 4.78 is 5.29. The SMILES string of the molecule is COc1ccccc1C(=O)N1CCCC1CCCBr. The van der Waals surface area contributed by atoms with Gasteiger partial charge in [-0.25, -0.2) is 0 Å². The maximum atomic E-state index is 12.6. The Morgan fingerprint density at radius 1 is 1.47 bits per heavy atom. The lowest BCUT2D eigenvalue weighted by Crippen LogP contribution is -2.35. The number of alkyl halides is 1. The molecule has 19 heavy (non-hydrogen) atoms. The standard InChI is InChI=1S/C15H20BrNO2/c1-19-14-9-3-2-8-13(14)15(18)17-11-5-7-12(17)6-4-10-16/h2-3,8-9,12H,4-7,10-11H2,1H3. The topological polar surface area (TPSA) is 29.5 Å². The molecule has 0 aromatic heterocycles. The van der Waals surface area contributed by atoms with E-state index < -0.39 is 0 Å². The van der Waals surface area contributed by atoms with Crippen LogP contribution in [0.4, 0.5) is 0 Å². The van der Waals surface area contributed by atoms with E-state index in [2.05, 4.69) is 15.9 Å². The number of carbonyl (C=O) groups is 1. The van der Waals surface area contributed by atoms with Crippen molar-refractivity contribution in [3.05, 3.63) is 29.8 Å². The van der Waals surface area contributed by atoms with Crippen LogP contribution in [0.3, 0.4) is 0 Å². The Morgan fingerprint density at radius 3 is 3.00 bits per heavy atom. The average molecular weight is 326 g/mol. The van der Waals surface area contributed by atoms with Gasteiger partial charge in [0.1, 0.15) is 5.75 Å². The van der Waals surface area contributed by atoms with Crippen molar-refractivity contribution in [3.8, 4) is 5.75 Å². The van der Waals surface area contributed by atoms with E-state index in [1.807, 2.05) is 29.2 Å². The lowest BCUT2D eigenvalue weighted by atomic mass is 10.1. The number of hydrogen-bond acceptors (Lipinski definition) is 2. The lowest BCUT2D eigenvalue weighted by Gasteiger charge is -2.25. The third-order valence-corrected chi connectivity index (χ3v) is 4.21. The Morgan fingerprint density at radius 2 is 2.26 bits per heavy atom. The van der Waals surface area contributed by atoms with E-state index in [9.17, 15) is 4.79 Å². The van der Waals surface area contributed by atoms with E-state index in [0.29, 0.717) is 17.4 Å². The first-order chi connectivity index (χ1) is 9.27. The molecule has 0 N–H and O–H groups in total. The number of likely N-dealkylation sites (tertiary alicyclic amines) is 1. The summed E-state index contributed by atoms with van der Waals surface area (Å²) in [6.45, 7) is 0.865. The van der Waals surface area contributed by atoms with Gasteiger partial charge < -0.3 is 9.64 Å². The van der Waals surface area contributed by atoms with Crippen LogP contribution in [0.5, 0.6) is 5.75 Å². The van der Waals surface area contributed by atoms with E-state index >= 15 is 0 Å². The minimum Gasteiger partial charge on any atom is -0.496 e. The van der Waals surface area contributed by atoms with E-state index in [-0.39, 0.29) is 5.91 Å². The number of amides is 1. The van der Waals surface area contributed by atoms with Crippen LogP contribution >= 0.6 is 15.9 Å². The third-order valence-electron chi connectivity index (χ3n) is 3.65. The molecule has 3 nitrogen and oxygen atoms in total. The second-order valence-corrected chi connectivity index (χ2v) is 5.62. The van der Waals surface area contributed by atoms with Crippen molar-refractivity contribution in [2.24, 2.45) is 0 Å².